The minimum atomic E-state index is 0.596. The highest BCUT2D eigenvalue weighted by atomic mass is 16.5. The Morgan fingerprint density at radius 3 is 2.41 bits per heavy atom. The second-order valence-electron chi connectivity index (χ2n) is 4.83. The predicted molar refractivity (Wildman–Crippen MR) is 73.7 cm³/mol. The normalized spacial score (nSPS) is 10.8. The van der Waals surface area contributed by atoms with Gasteiger partial charge in [0, 0.05) is 6.04 Å². The van der Waals surface area contributed by atoms with Gasteiger partial charge in [-0.25, -0.2) is 0 Å². The Bertz CT molecular complexity index is 292. The highest BCUT2D eigenvalue weighted by Crippen LogP contribution is 2.11. The molecule has 0 aliphatic heterocycles. The third-order valence-electron chi connectivity index (χ3n) is 2.66. The number of rotatable bonds is 8. The number of nitrogens with one attached hydrogen (secondary N) is 1. The molecule has 0 atom stereocenters. The zero-order valence-electron chi connectivity index (χ0n) is 11.3. The third-order valence-corrected chi connectivity index (χ3v) is 2.66. The van der Waals surface area contributed by atoms with Crippen LogP contribution in [0.4, 0.5) is 0 Å². The van der Waals surface area contributed by atoms with Crippen molar-refractivity contribution in [3.05, 3.63) is 29.8 Å². The van der Waals surface area contributed by atoms with Crippen LogP contribution in [0.25, 0.3) is 0 Å². The maximum Gasteiger partial charge on any atom is 0.119 e. The van der Waals surface area contributed by atoms with Gasteiger partial charge in [0.2, 0.25) is 0 Å². The molecule has 17 heavy (non-hydrogen) atoms. The smallest absolute Gasteiger partial charge is 0.119 e. The standard InChI is InChI=1S/C15H25NO/c1-13(2)16-11-5-4-6-12-17-15-9-7-14(3)8-10-15/h7-10,13,16H,4-6,11-12H2,1-3H3. The molecule has 0 spiro atoms. The zero-order valence-corrected chi connectivity index (χ0v) is 11.3. The molecule has 0 radical (unpaired) electrons. The topological polar surface area (TPSA) is 21.3 Å². The van der Waals surface area contributed by atoms with Gasteiger partial charge in [0.1, 0.15) is 5.75 Å². The number of aryl methyl sites for hydroxylation is 1. The van der Waals surface area contributed by atoms with E-state index in [-0.39, 0.29) is 0 Å². The Morgan fingerprint density at radius 1 is 1.06 bits per heavy atom. The molecule has 0 saturated heterocycles. The van der Waals surface area contributed by atoms with Crippen LogP contribution in [-0.4, -0.2) is 19.2 Å². The first-order valence-corrected chi connectivity index (χ1v) is 6.61. The molecule has 0 bridgehead atoms. The van der Waals surface area contributed by atoms with Crippen LogP contribution in [0.1, 0.15) is 38.7 Å². The van der Waals surface area contributed by atoms with E-state index in [1.807, 2.05) is 12.1 Å². The molecule has 96 valence electrons. The van der Waals surface area contributed by atoms with Crippen LogP contribution in [-0.2, 0) is 0 Å². The summed E-state index contributed by atoms with van der Waals surface area (Å²) in [5.41, 5.74) is 1.28. The molecule has 1 rings (SSSR count). The number of hydrogen-bond donors (Lipinski definition) is 1. The van der Waals surface area contributed by atoms with Crippen molar-refractivity contribution in [2.75, 3.05) is 13.2 Å². The van der Waals surface area contributed by atoms with E-state index in [9.17, 15) is 0 Å². The third kappa shape index (κ3) is 7.01. The summed E-state index contributed by atoms with van der Waals surface area (Å²) >= 11 is 0. The minimum absolute atomic E-state index is 0.596. The van der Waals surface area contributed by atoms with E-state index in [1.54, 1.807) is 0 Å². The van der Waals surface area contributed by atoms with Crippen molar-refractivity contribution in [2.45, 2.75) is 46.1 Å². The van der Waals surface area contributed by atoms with Crippen molar-refractivity contribution in [1.82, 2.24) is 5.32 Å². The molecule has 2 heteroatoms. The van der Waals surface area contributed by atoms with E-state index in [2.05, 4.69) is 38.2 Å². The van der Waals surface area contributed by atoms with Crippen LogP contribution >= 0.6 is 0 Å². The lowest BCUT2D eigenvalue weighted by atomic mass is 10.2. The van der Waals surface area contributed by atoms with Crippen LogP contribution in [0.2, 0.25) is 0 Å². The molecular weight excluding hydrogens is 210 g/mol. The number of ether oxygens (including phenoxy) is 1. The van der Waals surface area contributed by atoms with Crippen molar-refractivity contribution < 1.29 is 4.74 Å². The minimum Gasteiger partial charge on any atom is -0.494 e. The molecule has 0 aliphatic rings. The molecular formula is C15H25NO. The molecule has 0 amide bonds. The van der Waals surface area contributed by atoms with Gasteiger partial charge in [-0.2, -0.15) is 0 Å². The molecule has 1 aromatic rings. The van der Waals surface area contributed by atoms with E-state index in [0.29, 0.717) is 6.04 Å². The summed E-state index contributed by atoms with van der Waals surface area (Å²) in [6, 6.07) is 8.84. The van der Waals surface area contributed by atoms with E-state index in [0.717, 1.165) is 25.3 Å². The first-order chi connectivity index (χ1) is 8.18. The summed E-state index contributed by atoms with van der Waals surface area (Å²) < 4.78 is 5.67. The lowest BCUT2D eigenvalue weighted by Crippen LogP contribution is -2.23. The molecule has 2 nitrogen and oxygen atoms in total. The highest BCUT2D eigenvalue weighted by molar-refractivity contribution is 5.26. The Morgan fingerprint density at radius 2 is 1.76 bits per heavy atom. The summed E-state index contributed by atoms with van der Waals surface area (Å²) in [5.74, 6) is 0.982. The van der Waals surface area contributed by atoms with Gasteiger partial charge in [-0.15, -0.1) is 0 Å². The summed E-state index contributed by atoms with van der Waals surface area (Å²) in [5, 5.41) is 3.42. The molecule has 0 unspecified atom stereocenters. The number of unbranched alkanes of at least 4 members (excludes halogenated alkanes) is 2. The lowest BCUT2D eigenvalue weighted by molar-refractivity contribution is 0.304. The van der Waals surface area contributed by atoms with Crippen molar-refractivity contribution >= 4 is 0 Å². The summed E-state index contributed by atoms with van der Waals surface area (Å²) in [4.78, 5) is 0. The van der Waals surface area contributed by atoms with Gasteiger partial charge in [0.25, 0.3) is 0 Å². The van der Waals surface area contributed by atoms with E-state index in [4.69, 9.17) is 4.74 Å². The molecule has 0 aliphatic carbocycles. The first-order valence-electron chi connectivity index (χ1n) is 6.61. The van der Waals surface area contributed by atoms with Crippen molar-refractivity contribution in [2.24, 2.45) is 0 Å². The summed E-state index contributed by atoms with van der Waals surface area (Å²) in [6.07, 6.45) is 3.59. The van der Waals surface area contributed by atoms with Gasteiger partial charge in [-0.1, -0.05) is 31.5 Å². The van der Waals surface area contributed by atoms with Crippen molar-refractivity contribution in [3.63, 3.8) is 0 Å². The lowest BCUT2D eigenvalue weighted by Gasteiger charge is -2.08. The van der Waals surface area contributed by atoms with Crippen molar-refractivity contribution in [3.8, 4) is 5.75 Å². The second kappa shape index (κ2) is 8.13. The summed E-state index contributed by atoms with van der Waals surface area (Å²) in [7, 11) is 0. The van der Waals surface area contributed by atoms with Gasteiger partial charge >= 0.3 is 0 Å². The number of benzene rings is 1. The fourth-order valence-electron chi connectivity index (χ4n) is 1.62. The van der Waals surface area contributed by atoms with Crippen LogP contribution in [0, 0.1) is 6.92 Å². The van der Waals surface area contributed by atoms with E-state index < -0.39 is 0 Å². The summed E-state index contributed by atoms with van der Waals surface area (Å²) in [6.45, 7) is 8.39. The van der Waals surface area contributed by atoms with Crippen LogP contribution in [0.3, 0.4) is 0 Å². The Hall–Kier alpha value is -1.02. The fourth-order valence-corrected chi connectivity index (χ4v) is 1.62. The maximum atomic E-state index is 5.67. The molecule has 0 saturated carbocycles. The quantitative estimate of drug-likeness (QED) is 0.696. The van der Waals surface area contributed by atoms with E-state index >= 15 is 0 Å². The van der Waals surface area contributed by atoms with Crippen LogP contribution < -0.4 is 10.1 Å². The SMILES string of the molecule is Cc1ccc(OCCCCCNC(C)C)cc1. The van der Waals surface area contributed by atoms with Gasteiger partial charge in [-0.3, -0.25) is 0 Å². The Labute approximate surface area is 105 Å². The molecule has 0 fully saturated rings. The molecule has 0 aromatic heterocycles. The van der Waals surface area contributed by atoms with Gasteiger partial charge in [0.15, 0.2) is 0 Å². The predicted octanol–water partition coefficient (Wildman–Crippen LogP) is 3.54. The first kappa shape index (κ1) is 14.0. The van der Waals surface area contributed by atoms with Gasteiger partial charge in [-0.05, 0) is 44.9 Å². The molecule has 1 N–H and O–H groups in total. The number of hydrogen-bond acceptors (Lipinski definition) is 2. The fraction of sp³-hybridized carbons (Fsp3) is 0.600. The van der Waals surface area contributed by atoms with Crippen LogP contribution in [0.5, 0.6) is 5.75 Å². The Balaban J connectivity index is 1.99. The van der Waals surface area contributed by atoms with Gasteiger partial charge in [0.05, 0.1) is 6.61 Å². The van der Waals surface area contributed by atoms with Crippen molar-refractivity contribution in [1.29, 1.82) is 0 Å². The largest absolute Gasteiger partial charge is 0.494 e. The molecule has 1 aromatic carbocycles. The second-order valence-corrected chi connectivity index (χ2v) is 4.83. The molecule has 0 heterocycles. The van der Waals surface area contributed by atoms with Crippen LogP contribution in [0.15, 0.2) is 24.3 Å². The average Bonchev–Trinajstić information content (AvgIpc) is 2.30. The maximum absolute atomic E-state index is 5.67. The monoisotopic (exact) mass is 235 g/mol. The Kier molecular flexibility index (Phi) is 6.71. The van der Waals surface area contributed by atoms with Gasteiger partial charge < -0.3 is 10.1 Å². The average molecular weight is 235 g/mol. The highest BCUT2D eigenvalue weighted by Gasteiger charge is 1.95. The zero-order chi connectivity index (χ0) is 12.5. The van der Waals surface area contributed by atoms with E-state index in [1.165, 1.54) is 18.4 Å².